The summed E-state index contributed by atoms with van der Waals surface area (Å²) in [7, 11) is 0. The lowest BCUT2D eigenvalue weighted by molar-refractivity contribution is -0.384. The summed E-state index contributed by atoms with van der Waals surface area (Å²) in [6, 6.07) is 11.3. The van der Waals surface area contributed by atoms with Crippen LogP contribution < -0.4 is 0 Å². The van der Waals surface area contributed by atoms with Crippen molar-refractivity contribution in [2.45, 2.75) is 13.8 Å². The first-order chi connectivity index (χ1) is 12.4. The average Bonchev–Trinajstić information content (AvgIpc) is 2.90. The summed E-state index contributed by atoms with van der Waals surface area (Å²) >= 11 is 3.36. The summed E-state index contributed by atoms with van der Waals surface area (Å²) in [5, 5.41) is 25.2. The van der Waals surface area contributed by atoms with Crippen molar-refractivity contribution < 1.29 is 10.0 Å². The van der Waals surface area contributed by atoms with Crippen molar-refractivity contribution in [1.29, 1.82) is 0 Å². The number of phenols is 1. The zero-order valence-electron chi connectivity index (χ0n) is 14.0. The molecule has 0 fully saturated rings. The predicted molar refractivity (Wildman–Crippen MR) is 103 cm³/mol. The summed E-state index contributed by atoms with van der Waals surface area (Å²) in [6.45, 7) is 3.71. The van der Waals surface area contributed by atoms with Gasteiger partial charge >= 0.3 is 0 Å². The first-order valence-electron chi connectivity index (χ1n) is 7.70. The third kappa shape index (κ3) is 3.50. The van der Waals surface area contributed by atoms with Crippen LogP contribution in [0.1, 0.15) is 17.0 Å². The number of hydrogen-bond donors (Lipinski definition) is 1. The van der Waals surface area contributed by atoms with Crippen molar-refractivity contribution in [3.8, 4) is 11.4 Å². The molecule has 0 aliphatic rings. The molecule has 8 heteroatoms. The molecule has 7 nitrogen and oxygen atoms in total. The van der Waals surface area contributed by atoms with Crippen molar-refractivity contribution >= 4 is 33.5 Å². The zero-order chi connectivity index (χ0) is 18.8. The first kappa shape index (κ1) is 17.8. The highest BCUT2D eigenvalue weighted by molar-refractivity contribution is 9.10. The number of nitro groups is 1. The van der Waals surface area contributed by atoms with E-state index in [9.17, 15) is 15.2 Å². The Hall–Kier alpha value is -3.00. The van der Waals surface area contributed by atoms with E-state index in [0.717, 1.165) is 10.2 Å². The van der Waals surface area contributed by atoms with Gasteiger partial charge in [0.25, 0.3) is 5.69 Å². The number of aryl methyl sites for hydroxylation is 1. The molecule has 0 amide bonds. The van der Waals surface area contributed by atoms with E-state index in [1.165, 1.54) is 12.1 Å². The second-order valence-corrected chi connectivity index (χ2v) is 6.58. The van der Waals surface area contributed by atoms with Gasteiger partial charge in [0.2, 0.25) is 0 Å². The third-order valence-electron chi connectivity index (χ3n) is 3.88. The number of benzene rings is 2. The van der Waals surface area contributed by atoms with Gasteiger partial charge in [-0.2, -0.15) is 5.10 Å². The summed E-state index contributed by atoms with van der Waals surface area (Å²) < 4.78 is 2.53. The largest absolute Gasteiger partial charge is 0.507 e. The number of aliphatic imine (C=N–C) groups is 1. The molecule has 0 saturated carbocycles. The Morgan fingerprint density at radius 2 is 1.92 bits per heavy atom. The minimum atomic E-state index is -0.439. The molecule has 2 aromatic carbocycles. The lowest BCUT2D eigenvalue weighted by Gasteiger charge is -2.04. The van der Waals surface area contributed by atoms with Crippen molar-refractivity contribution in [2.24, 2.45) is 4.99 Å². The van der Waals surface area contributed by atoms with Gasteiger partial charge in [0.15, 0.2) is 0 Å². The number of hydrogen-bond acceptors (Lipinski definition) is 5. The van der Waals surface area contributed by atoms with Crippen LogP contribution in [-0.2, 0) is 0 Å². The van der Waals surface area contributed by atoms with Gasteiger partial charge in [-0.15, -0.1) is 0 Å². The Bertz CT molecular complexity index is 1010. The van der Waals surface area contributed by atoms with Crippen LogP contribution in [0.3, 0.4) is 0 Å². The van der Waals surface area contributed by atoms with E-state index in [0.29, 0.717) is 22.6 Å². The van der Waals surface area contributed by atoms with Gasteiger partial charge in [-0.05, 0) is 44.2 Å². The molecular formula is C18H15BrN4O3. The lowest BCUT2D eigenvalue weighted by Crippen LogP contribution is -1.99. The van der Waals surface area contributed by atoms with E-state index < -0.39 is 4.92 Å². The number of aromatic nitrogens is 2. The fourth-order valence-corrected chi connectivity index (χ4v) is 2.93. The molecule has 1 heterocycles. The summed E-state index contributed by atoms with van der Waals surface area (Å²) in [5.74, 6) is 0.134. The fourth-order valence-electron chi connectivity index (χ4n) is 2.55. The smallest absolute Gasteiger partial charge is 0.269 e. The maximum atomic E-state index is 10.8. The van der Waals surface area contributed by atoms with Crippen molar-refractivity contribution in [1.82, 2.24) is 9.78 Å². The third-order valence-corrected chi connectivity index (χ3v) is 4.37. The number of phenolic OH excluding ortho intramolecular Hbond substituents is 1. The van der Waals surface area contributed by atoms with Crippen LogP contribution in [-0.4, -0.2) is 26.0 Å². The van der Waals surface area contributed by atoms with Crippen molar-refractivity contribution in [3.05, 3.63) is 74.0 Å². The number of rotatable bonds is 4. The maximum Gasteiger partial charge on any atom is 0.269 e. The van der Waals surface area contributed by atoms with Crippen LogP contribution in [0.15, 0.2) is 51.9 Å². The highest BCUT2D eigenvalue weighted by Crippen LogP contribution is 2.27. The molecule has 26 heavy (non-hydrogen) atoms. The lowest BCUT2D eigenvalue weighted by atomic mass is 10.2. The number of nitro benzene ring substituents is 1. The Morgan fingerprint density at radius 1 is 1.23 bits per heavy atom. The molecule has 0 saturated heterocycles. The number of halogens is 1. The Balaban J connectivity index is 1.96. The van der Waals surface area contributed by atoms with E-state index in [2.05, 4.69) is 26.0 Å². The molecule has 0 aliphatic carbocycles. The zero-order valence-corrected chi connectivity index (χ0v) is 15.6. The molecule has 0 spiro atoms. The van der Waals surface area contributed by atoms with Crippen LogP contribution in [0, 0.1) is 24.0 Å². The molecule has 1 aromatic heterocycles. The van der Waals surface area contributed by atoms with E-state index in [1.54, 1.807) is 41.2 Å². The van der Waals surface area contributed by atoms with E-state index in [4.69, 9.17) is 0 Å². The van der Waals surface area contributed by atoms with Gasteiger partial charge in [0.05, 0.1) is 22.0 Å². The monoisotopic (exact) mass is 414 g/mol. The normalized spacial score (nSPS) is 11.2. The second-order valence-electron chi connectivity index (χ2n) is 5.67. The molecule has 1 N–H and O–H groups in total. The minimum absolute atomic E-state index is 0.0265. The van der Waals surface area contributed by atoms with Crippen LogP contribution in [0.2, 0.25) is 0 Å². The van der Waals surface area contributed by atoms with Gasteiger partial charge in [0, 0.05) is 28.4 Å². The Labute approximate surface area is 157 Å². The summed E-state index contributed by atoms with van der Waals surface area (Å²) in [6.07, 6.45) is 1.58. The highest BCUT2D eigenvalue weighted by atomic mass is 79.9. The van der Waals surface area contributed by atoms with Crippen LogP contribution in [0.5, 0.6) is 5.75 Å². The van der Waals surface area contributed by atoms with Gasteiger partial charge in [0.1, 0.15) is 11.4 Å². The second kappa shape index (κ2) is 7.09. The molecular weight excluding hydrogens is 400 g/mol. The van der Waals surface area contributed by atoms with Crippen LogP contribution in [0.25, 0.3) is 5.69 Å². The average molecular weight is 415 g/mol. The van der Waals surface area contributed by atoms with E-state index in [1.807, 2.05) is 13.8 Å². The summed E-state index contributed by atoms with van der Waals surface area (Å²) in [4.78, 5) is 14.8. The molecule has 0 bridgehead atoms. The molecule has 3 rings (SSSR count). The topological polar surface area (TPSA) is 93.5 Å². The highest BCUT2D eigenvalue weighted by Gasteiger charge is 2.13. The Kier molecular flexibility index (Phi) is 4.85. The quantitative estimate of drug-likeness (QED) is 0.382. The van der Waals surface area contributed by atoms with Gasteiger partial charge in [-0.3, -0.25) is 15.1 Å². The number of non-ortho nitro benzene ring substituents is 1. The molecule has 0 atom stereocenters. The van der Waals surface area contributed by atoms with Crippen LogP contribution >= 0.6 is 15.9 Å². The first-order valence-corrected chi connectivity index (χ1v) is 8.50. The molecule has 0 aliphatic heterocycles. The molecule has 132 valence electrons. The molecule has 0 unspecified atom stereocenters. The van der Waals surface area contributed by atoms with E-state index in [-0.39, 0.29) is 11.4 Å². The number of nitrogens with zero attached hydrogens (tertiary/aromatic N) is 4. The van der Waals surface area contributed by atoms with Crippen molar-refractivity contribution in [2.75, 3.05) is 0 Å². The standard InChI is InChI=1S/C18H15BrN4O3/c1-11-18(20-10-13-9-14(19)3-8-17(13)24)12(2)22(21-11)15-4-6-16(7-5-15)23(25)26/h3-10,24H,1-2H3. The predicted octanol–water partition coefficient (Wildman–Crippen LogP) is 4.62. The fraction of sp³-hybridized carbons (Fsp3) is 0.111. The number of aromatic hydroxyl groups is 1. The Morgan fingerprint density at radius 3 is 2.58 bits per heavy atom. The van der Waals surface area contributed by atoms with Gasteiger partial charge in [-0.25, -0.2) is 4.68 Å². The van der Waals surface area contributed by atoms with Crippen molar-refractivity contribution in [3.63, 3.8) is 0 Å². The molecule has 0 radical (unpaired) electrons. The SMILES string of the molecule is Cc1nn(-c2ccc([N+](=O)[O-])cc2)c(C)c1N=Cc1cc(Br)ccc1O. The van der Waals surface area contributed by atoms with Gasteiger partial charge < -0.3 is 5.11 Å². The van der Waals surface area contributed by atoms with Gasteiger partial charge in [-0.1, -0.05) is 15.9 Å². The van der Waals surface area contributed by atoms with E-state index >= 15 is 0 Å². The molecule has 3 aromatic rings. The summed E-state index contributed by atoms with van der Waals surface area (Å²) in [5.41, 5.74) is 3.51. The van der Waals surface area contributed by atoms with Crippen LogP contribution in [0.4, 0.5) is 11.4 Å². The minimum Gasteiger partial charge on any atom is -0.507 e. The maximum absolute atomic E-state index is 10.8.